The molecule has 1 fully saturated rings. The summed E-state index contributed by atoms with van der Waals surface area (Å²) in [6.07, 6.45) is 14.8. The molecule has 1 aliphatic rings. The molecule has 0 saturated heterocycles. The van der Waals surface area contributed by atoms with E-state index < -0.39 is 18.0 Å². The molecule has 0 spiro atoms. The summed E-state index contributed by atoms with van der Waals surface area (Å²) in [6, 6.07) is 0. The minimum Gasteiger partial charge on any atom is -0.466 e. The highest BCUT2D eigenvalue weighted by atomic mass is 16.6. The van der Waals surface area contributed by atoms with Crippen LogP contribution < -0.4 is 0 Å². The van der Waals surface area contributed by atoms with Crippen molar-refractivity contribution in [2.24, 2.45) is 17.8 Å². The largest absolute Gasteiger partial charge is 0.466 e. The van der Waals surface area contributed by atoms with Gasteiger partial charge in [0.2, 0.25) is 0 Å². The Morgan fingerprint density at radius 3 is 2.42 bits per heavy atom. The molecule has 0 heterocycles. The maximum absolute atomic E-state index is 12.7. The molecule has 4 atom stereocenters. The predicted octanol–water partition coefficient (Wildman–Crippen LogP) is 4.73. The smallest absolute Gasteiger partial charge is 0.347 e. The van der Waals surface area contributed by atoms with Crippen molar-refractivity contribution in [1.29, 1.82) is 0 Å². The Morgan fingerprint density at radius 2 is 1.79 bits per heavy atom. The van der Waals surface area contributed by atoms with Crippen LogP contribution in [0.2, 0.25) is 0 Å². The Kier molecular flexibility index (Phi) is 14.1. The van der Waals surface area contributed by atoms with Crippen molar-refractivity contribution in [2.45, 2.75) is 84.7 Å². The quantitative estimate of drug-likeness (QED) is 0.150. The average molecular weight is 465 g/mol. The summed E-state index contributed by atoms with van der Waals surface area (Å²) < 4.78 is 14.9. The molecule has 0 aromatic rings. The topological polar surface area (TPSA) is 96.0 Å². The van der Waals surface area contributed by atoms with Gasteiger partial charge in [-0.1, -0.05) is 50.5 Å². The Morgan fingerprint density at radius 1 is 1.03 bits per heavy atom. The highest BCUT2D eigenvalue weighted by Gasteiger charge is 2.40. The van der Waals surface area contributed by atoms with E-state index in [0.29, 0.717) is 25.7 Å². The van der Waals surface area contributed by atoms with E-state index in [1.54, 1.807) is 0 Å². The lowest BCUT2D eigenvalue weighted by Gasteiger charge is -2.20. The number of esters is 3. The van der Waals surface area contributed by atoms with Gasteiger partial charge in [-0.3, -0.25) is 14.4 Å². The fourth-order valence-electron chi connectivity index (χ4n) is 4.17. The Hall–Kier alpha value is -2.44. The average Bonchev–Trinajstić information content (AvgIpc) is 3.07. The van der Waals surface area contributed by atoms with Gasteiger partial charge in [0.15, 0.2) is 6.10 Å². The summed E-state index contributed by atoms with van der Waals surface area (Å²) in [6.45, 7) is 5.08. The van der Waals surface area contributed by atoms with Crippen LogP contribution >= 0.6 is 0 Å². The number of methoxy groups -OCH3 is 1. The van der Waals surface area contributed by atoms with Crippen LogP contribution in [0.3, 0.4) is 0 Å². The first-order valence-corrected chi connectivity index (χ1v) is 12.0. The molecular weight excluding hydrogens is 424 g/mol. The molecular formula is C26H40O7. The van der Waals surface area contributed by atoms with Gasteiger partial charge < -0.3 is 14.2 Å². The van der Waals surface area contributed by atoms with Gasteiger partial charge >= 0.3 is 17.9 Å². The lowest BCUT2D eigenvalue weighted by atomic mass is 9.86. The van der Waals surface area contributed by atoms with Crippen LogP contribution in [0.1, 0.15) is 78.6 Å². The van der Waals surface area contributed by atoms with Crippen LogP contribution in [-0.2, 0) is 33.4 Å². The molecule has 0 bridgehead atoms. The van der Waals surface area contributed by atoms with Crippen LogP contribution in [0.15, 0.2) is 24.3 Å². The van der Waals surface area contributed by atoms with Gasteiger partial charge in [0, 0.05) is 32.1 Å². The van der Waals surface area contributed by atoms with E-state index in [1.807, 2.05) is 12.2 Å². The molecule has 1 unspecified atom stereocenters. The summed E-state index contributed by atoms with van der Waals surface area (Å²) >= 11 is 0. The minimum absolute atomic E-state index is 0.000590. The molecule has 33 heavy (non-hydrogen) atoms. The molecule has 7 nitrogen and oxygen atoms in total. The van der Waals surface area contributed by atoms with Gasteiger partial charge in [-0.05, 0) is 38.0 Å². The van der Waals surface area contributed by atoms with Crippen molar-refractivity contribution in [3.8, 4) is 0 Å². The van der Waals surface area contributed by atoms with Crippen LogP contribution in [0.5, 0.6) is 0 Å². The maximum atomic E-state index is 12.7. The number of Topliss-reactive ketones (excluding diaryl/α,β-unsaturated/α-hetero) is 1. The second-order valence-corrected chi connectivity index (χ2v) is 8.60. The molecule has 0 N–H and O–H groups in total. The third kappa shape index (κ3) is 11.3. The molecule has 0 radical (unpaired) electrons. The van der Waals surface area contributed by atoms with Crippen LogP contribution in [-0.4, -0.2) is 43.5 Å². The van der Waals surface area contributed by atoms with Gasteiger partial charge in [-0.2, -0.15) is 0 Å². The second kappa shape index (κ2) is 16.2. The minimum atomic E-state index is -0.929. The summed E-state index contributed by atoms with van der Waals surface area (Å²) in [7, 11) is 1.25. The van der Waals surface area contributed by atoms with Crippen molar-refractivity contribution in [1.82, 2.24) is 0 Å². The number of rotatable bonds is 15. The standard InChI is InChI=1S/C26H40O7/c1-5-6-7-8-9-11-14-22-21(18-32-19(2)27)17-24(29)23(22)15-12-10-13-16-25(26(30)31-4)33-20(3)28/h10-12,14,21-23,25H,5-9,13,15-18H2,1-4H3/b12-10-,14-11+/t21-,22-,23+,25?/m0/s1. The Bertz CT molecular complexity index is 695. The summed E-state index contributed by atoms with van der Waals surface area (Å²) in [5, 5.41) is 0. The summed E-state index contributed by atoms with van der Waals surface area (Å²) in [5.74, 6) is -1.38. The number of carbonyl (C=O) groups excluding carboxylic acids is 4. The molecule has 7 heteroatoms. The van der Waals surface area contributed by atoms with Crippen molar-refractivity contribution < 1.29 is 33.4 Å². The van der Waals surface area contributed by atoms with E-state index in [1.165, 1.54) is 40.2 Å². The molecule has 1 rings (SSSR count). The highest BCUT2D eigenvalue weighted by molar-refractivity contribution is 5.84. The number of carbonyl (C=O) groups is 4. The van der Waals surface area contributed by atoms with Gasteiger partial charge in [0.05, 0.1) is 13.7 Å². The Labute approximate surface area is 197 Å². The molecule has 0 aromatic carbocycles. The van der Waals surface area contributed by atoms with Gasteiger partial charge in [0.25, 0.3) is 0 Å². The first-order chi connectivity index (χ1) is 15.8. The van der Waals surface area contributed by atoms with Crippen LogP contribution in [0, 0.1) is 17.8 Å². The van der Waals surface area contributed by atoms with E-state index in [0.717, 1.165) is 12.8 Å². The lowest BCUT2D eigenvalue weighted by Crippen LogP contribution is -2.27. The molecule has 1 aliphatic carbocycles. The van der Waals surface area contributed by atoms with Crippen molar-refractivity contribution in [3.05, 3.63) is 24.3 Å². The lowest BCUT2D eigenvalue weighted by molar-refractivity contribution is -0.165. The van der Waals surface area contributed by atoms with Gasteiger partial charge in [-0.15, -0.1) is 0 Å². The number of hydrogen-bond donors (Lipinski definition) is 0. The first-order valence-electron chi connectivity index (χ1n) is 12.0. The van der Waals surface area contributed by atoms with Crippen LogP contribution in [0.4, 0.5) is 0 Å². The van der Waals surface area contributed by atoms with E-state index in [-0.39, 0.29) is 36.1 Å². The predicted molar refractivity (Wildman–Crippen MR) is 125 cm³/mol. The fourth-order valence-corrected chi connectivity index (χ4v) is 4.17. The van der Waals surface area contributed by atoms with Crippen molar-refractivity contribution in [3.63, 3.8) is 0 Å². The Balaban J connectivity index is 2.69. The third-order valence-corrected chi connectivity index (χ3v) is 5.89. The second-order valence-electron chi connectivity index (χ2n) is 8.60. The number of allylic oxidation sites excluding steroid dienone is 4. The monoisotopic (exact) mass is 464 g/mol. The summed E-state index contributed by atoms with van der Waals surface area (Å²) in [4.78, 5) is 46.9. The third-order valence-electron chi connectivity index (χ3n) is 5.89. The van der Waals surface area contributed by atoms with E-state index in [2.05, 4.69) is 23.8 Å². The fraction of sp³-hybridized carbons (Fsp3) is 0.692. The van der Waals surface area contributed by atoms with Crippen molar-refractivity contribution >= 4 is 23.7 Å². The zero-order chi connectivity index (χ0) is 24.6. The van der Waals surface area contributed by atoms with E-state index in [9.17, 15) is 19.2 Å². The summed E-state index contributed by atoms with van der Waals surface area (Å²) in [5.41, 5.74) is 0. The number of unbranched alkanes of at least 4 members (excludes halogenated alkanes) is 4. The molecule has 0 amide bonds. The van der Waals surface area contributed by atoms with Gasteiger partial charge in [0.1, 0.15) is 5.78 Å². The molecule has 0 aromatic heterocycles. The number of ketones is 1. The zero-order valence-electron chi connectivity index (χ0n) is 20.5. The maximum Gasteiger partial charge on any atom is 0.347 e. The zero-order valence-corrected chi connectivity index (χ0v) is 20.5. The van der Waals surface area contributed by atoms with Crippen molar-refractivity contribution in [2.75, 3.05) is 13.7 Å². The number of ether oxygens (including phenoxy) is 3. The highest BCUT2D eigenvalue weighted by Crippen LogP contribution is 2.38. The van der Waals surface area contributed by atoms with E-state index >= 15 is 0 Å². The molecule has 186 valence electrons. The van der Waals surface area contributed by atoms with Gasteiger partial charge in [-0.25, -0.2) is 4.79 Å². The number of hydrogen-bond acceptors (Lipinski definition) is 7. The molecule has 1 saturated carbocycles. The van der Waals surface area contributed by atoms with Crippen LogP contribution in [0.25, 0.3) is 0 Å². The normalized spacial score (nSPS) is 21.5. The molecule has 0 aliphatic heterocycles. The first kappa shape index (κ1) is 28.6. The van der Waals surface area contributed by atoms with E-state index in [4.69, 9.17) is 9.47 Å². The SMILES string of the molecule is CCCCCC/C=C/[C@H]1[C@H](COC(C)=O)CC(=O)[C@@H]1C/C=C\CCC(OC(C)=O)C(=O)OC.